The number of alkyl halides is 3. The molecule has 0 saturated carbocycles. The summed E-state index contributed by atoms with van der Waals surface area (Å²) in [5.41, 5.74) is -1.13. The second-order valence-electron chi connectivity index (χ2n) is 4.11. The maximum Gasteiger partial charge on any atom is 0.416 e. The third kappa shape index (κ3) is 3.68. The predicted octanol–water partition coefficient (Wildman–Crippen LogP) is 4.16. The van der Waals surface area contributed by atoms with Crippen LogP contribution in [-0.2, 0) is 16.2 Å². The Balaban J connectivity index is 2.36. The Labute approximate surface area is 124 Å². The topological polar surface area (TPSA) is 46.2 Å². The van der Waals surface area contributed by atoms with Gasteiger partial charge >= 0.3 is 6.18 Å². The van der Waals surface area contributed by atoms with E-state index in [1.165, 1.54) is 24.3 Å². The zero-order valence-corrected chi connectivity index (χ0v) is 11.9. The van der Waals surface area contributed by atoms with E-state index in [2.05, 4.69) is 4.72 Å². The lowest BCUT2D eigenvalue weighted by Crippen LogP contribution is -2.14. The Morgan fingerprint density at radius 1 is 1.00 bits per heavy atom. The van der Waals surface area contributed by atoms with Gasteiger partial charge in [0, 0.05) is 5.69 Å². The second-order valence-corrected chi connectivity index (χ2v) is 6.17. The van der Waals surface area contributed by atoms with Crippen LogP contribution < -0.4 is 4.72 Å². The molecule has 0 unspecified atom stereocenters. The van der Waals surface area contributed by atoms with E-state index in [4.69, 9.17) is 11.6 Å². The minimum Gasteiger partial charge on any atom is -0.280 e. The molecule has 0 amide bonds. The van der Waals surface area contributed by atoms with Crippen molar-refractivity contribution >= 4 is 27.3 Å². The zero-order valence-electron chi connectivity index (χ0n) is 10.4. The zero-order chi connectivity index (χ0) is 15.7. The van der Waals surface area contributed by atoms with E-state index in [9.17, 15) is 21.6 Å². The highest BCUT2D eigenvalue weighted by Gasteiger charge is 2.30. The predicted molar refractivity (Wildman–Crippen MR) is 73.7 cm³/mol. The fourth-order valence-electron chi connectivity index (χ4n) is 1.63. The van der Waals surface area contributed by atoms with E-state index in [0.29, 0.717) is 6.07 Å². The summed E-state index contributed by atoms with van der Waals surface area (Å²) in [5, 5.41) is -0.0167. The summed E-state index contributed by atoms with van der Waals surface area (Å²) in [7, 11) is -4.06. The van der Waals surface area contributed by atoms with Crippen molar-refractivity contribution in [2.75, 3.05) is 4.72 Å². The number of rotatable bonds is 3. The summed E-state index contributed by atoms with van der Waals surface area (Å²) < 4.78 is 64.1. The third-order valence-corrected chi connectivity index (χ3v) is 4.45. The van der Waals surface area contributed by atoms with Crippen molar-refractivity contribution in [1.29, 1.82) is 0 Å². The van der Waals surface area contributed by atoms with Crippen LogP contribution in [0.4, 0.5) is 18.9 Å². The Morgan fingerprint density at radius 3 is 2.29 bits per heavy atom. The number of benzene rings is 2. The molecule has 1 N–H and O–H groups in total. The van der Waals surface area contributed by atoms with Gasteiger partial charge in [0.15, 0.2) is 0 Å². The van der Waals surface area contributed by atoms with Gasteiger partial charge in [-0.15, -0.1) is 0 Å². The van der Waals surface area contributed by atoms with Crippen LogP contribution >= 0.6 is 11.6 Å². The Hall–Kier alpha value is -1.73. The number of nitrogens with one attached hydrogen (secondary N) is 1. The van der Waals surface area contributed by atoms with Crippen molar-refractivity contribution in [2.45, 2.75) is 11.1 Å². The number of hydrogen-bond donors (Lipinski definition) is 1. The summed E-state index contributed by atoms with van der Waals surface area (Å²) in [6.45, 7) is 0. The molecular formula is C13H9ClF3NO2S. The lowest BCUT2D eigenvalue weighted by Gasteiger charge is -2.12. The van der Waals surface area contributed by atoms with Crippen LogP contribution in [0.5, 0.6) is 0 Å². The number of halogens is 4. The summed E-state index contributed by atoms with van der Waals surface area (Å²) >= 11 is 5.78. The van der Waals surface area contributed by atoms with E-state index in [1.54, 1.807) is 6.07 Å². The molecule has 0 heterocycles. The minimum atomic E-state index is -4.55. The smallest absolute Gasteiger partial charge is 0.280 e. The molecule has 2 aromatic carbocycles. The molecule has 3 nitrogen and oxygen atoms in total. The van der Waals surface area contributed by atoms with E-state index in [0.717, 1.165) is 12.1 Å². The fourth-order valence-corrected chi connectivity index (χ4v) is 3.20. The quantitative estimate of drug-likeness (QED) is 0.915. The molecule has 112 valence electrons. The Bertz CT molecular complexity index is 760. The van der Waals surface area contributed by atoms with Crippen molar-refractivity contribution in [2.24, 2.45) is 0 Å². The average Bonchev–Trinajstić information content (AvgIpc) is 2.37. The molecule has 21 heavy (non-hydrogen) atoms. The Kier molecular flexibility index (Phi) is 4.15. The molecule has 0 aliphatic heterocycles. The molecule has 0 fully saturated rings. The first-order valence-corrected chi connectivity index (χ1v) is 7.51. The SMILES string of the molecule is O=S(=O)(Nc1cccc(C(F)(F)F)c1)c1ccccc1Cl. The maximum atomic E-state index is 12.6. The summed E-state index contributed by atoms with van der Waals surface area (Å²) in [4.78, 5) is -0.205. The molecule has 2 aromatic rings. The normalized spacial score (nSPS) is 12.2. The lowest BCUT2D eigenvalue weighted by atomic mass is 10.2. The highest BCUT2D eigenvalue weighted by molar-refractivity contribution is 7.92. The Morgan fingerprint density at radius 2 is 1.67 bits per heavy atom. The highest BCUT2D eigenvalue weighted by atomic mass is 35.5. The van der Waals surface area contributed by atoms with Gasteiger partial charge in [0.05, 0.1) is 10.6 Å². The molecule has 8 heteroatoms. The number of sulfonamides is 1. The monoisotopic (exact) mass is 335 g/mol. The molecule has 0 radical (unpaired) electrons. The van der Waals surface area contributed by atoms with Crippen molar-refractivity contribution in [3.05, 3.63) is 59.1 Å². The highest BCUT2D eigenvalue weighted by Crippen LogP contribution is 2.31. The lowest BCUT2D eigenvalue weighted by molar-refractivity contribution is -0.137. The first-order chi connectivity index (χ1) is 9.70. The van der Waals surface area contributed by atoms with E-state index in [1.807, 2.05) is 0 Å². The van der Waals surface area contributed by atoms with Crippen LogP contribution in [0, 0.1) is 0 Å². The van der Waals surface area contributed by atoms with Crippen molar-refractivity contribution in [3.63, 3.8) is 0 Å². The summed E-state index contributed by atoms with van der Waals surface area (Å²) in [6, 6.07) is 9.57. The van der Waals surface area contributed by atoms with Gasteiger partial charge in [0.1, 0.15) is 4.90 Å². The summed E-state index contributed by atoms with van der Waals surface area (Å²) in [5.74, 6) is 0. The molecule has 0 saturated heterocycles. The van der Waals surface area contributed by atoms with Gasteiger partial charge < -0.3 is 0 Å². The van der Waals surface area contributed by atoms with E-state index < -0.39 is 21.8 Å². The van der Waals surface area contributed by atoms with Crippen molar-refractivity contribution < 1.29 is 21.6 Å². The van der Waals surface area contributed by atoms with Gasteiger partial charge in [0.25, 0.3) is 10.0 Å². The van der Waals surface area contributed by atoms with Crippen molar-refractivity contribution in [3.8, 4) is 0 Å². The van der Waals surface area contributed by atoms with Crippen LogP contribution in [0.25, 0.3) is 0 Å². The number of hydrogen-bond acceptors (Lipinski definition) is 2. The summed E-state index contributed by atoms with van der Waals surface area (Å²) in [6.07, 6.45) is -4.55. The average molecular weight is 336 g/mol. The molecule has 0 bridgehead atoms. The van der Waals surface area contributed by atoms with E-state index >= 15 is 0 Å². The van der Waals surface area contributed by atoms with Crippen molar-refractivity contribution in [1.82, 2.24) is 0 Å². The van der Waals surface area contributed by atoms with E-state index in [-0.39, 0.29) is 15.6 Å². The van der Waals surface area contributed by atoms with Gasteiger partial charge in [-0.2, -0.15) is 13.2 Å². The molecule has 0 spiro atoms. The first kappa shape index (κ1) is 15.7. The fraction of sp³-hybridized carbons (Fsp3) is 0.0769. The standard InChI is InChI=1S/C13H9ClF3NO2S/c14-11-6-1-2-7-12(11)21(19,20)18-10-5-3-4-9(8-10)13(15,16)17/h1-8,18H. The van der Waals surface area contributed by atoms with Crippen LogP contribution in [0.15, 0.2) is 53.4 Å². The minimum absolute atomic E-state index is 0.0167. The van der Waals surface area contributed by atoms with Gasteiger partial charge in [-0.05, 0) is 30.3 Å². The first-order valence-electron chi connectivity index (χ1n) is 5.65. The largest absolute Gasteiger partial charge is 0.416 e. The van der Waals surface area contributed by atoms with Gasteiger partial charge in [0.2, 0.25) is 0 Å². The molecule has 0 aliphatic rings. The van der Waals surface area contributed by atoms with Gasteiger partial charge in [-0.25, -0.2) is 8.42 Å². The molecular weight excluding hydrogens is 327 g/mol. The molecule has 0 aliphatic carbocycles. The molecule has 2 rings (SSSR count). The van der Waals surface area contributed by atoms with Crippen LogP contribution in [0.2, 0.25) is 5.02 Å². The van der Waals surface area contributed by atoms with Gasteiger partial charge in [-0.3, -0.25) is 4.72 Å². The van der Waals surface area contributed by atoms with Crippen LogP contribution in [0.1, 0.15) is 5.56 Å². The van der Waals surface area contributed by atoms with Gasteiger partial charge in [-0.1, -0.05) is 29.8 Å². The maximum absolute atomic E-state index is 12.6. The molecule has 0 atom stereocenters. The molecule has 0 aromatic heterocycles. The van der Waals surface area contributed by atoms with Crippen LogP contribution in [-0.4, -0.2) is 8.42 Å². The number of anilines is 1. The van der Waals surface area contributed by atoms with Crippen LogP contribution in [0.3, 0.4) is 0 Å². The second kappa shape index (κ2) is 5.57. The third-order valence-electron chi connectivity index (χ3n) is 2.57.